The number of ether oxygens (including phenoxy) is 1. The summed E-state index contributed by atoms with van der Waals surface area (Å²) in [5.41, 5.74) is 6.72. The van der Waals surface area contributed by atoms with Crippen molar-refractivity contribution in [2.45, 2.75) is 46.2 Å². The highest BCUT2D eigenvalue weighted by atomic mass is 35.5. The zero-order valence-electron chi connectivity index (χ0n) is 14.0. The van der Waals surface area contributed by atoms with Crippen LogP contribution in [0.1, 0.15) is 45.7 Å². The fraction of sp³-hybridized carbons (Fsp3) is 0.588. The van der Waals surface area contributed by atoms with E-state index >= 15 is 0 Å². The molecule has 4 nitrogen and oxygen atoms in total. The molecule has 1 aromatic rings. The predicted molar refractivity (Wildman–Crippen MR) is 91.2 cm³/mol. The summed E-state index contributed by atoms with van der Waals surface area (Å²) in [5, 5.41) is 3.71. The summed E-state index contributed by atoms with van der Waals surface area (Å²) < 4.78 is 5.42. The number of carbonyl (C=O) groups is 1. The largest absolute Gasteiger partial charge is 0.496 e. The van der Waals surface area contributed by atoms with Gasteiger partial charge in [-0.25, -0.2) is 0 Å². The molecule has 0 heterocycles. The number of benzene rings is 1. The lowest BCUT2D eigenvalue weighted by Crippen LogP contribution is -2.40. The zero-order valence-corrected chi connectivity index (χ0v) is 14.8. The monoisotopic (exact) mass is 326 g/mol. The van der Waals surface area contributed by atoms with E-state index in [0.29, 0.717) is 10.9 Å². The molecule has 1 aromatic carbocycles. The fourth-order valence-electron chi connectivity index (χ4n) is 2.25. The Morgan fingerprint density at radius 3 is 2.45 bits per heavy atom. The van der Waals surface area contributed by atoms with E-state index in [1.807, 2.05) is 26.0 Å². The zero-order chi connectivity index (χ0) is 16.9. The molecule has 1 amide bonds. The van der Waals surface area contributed by atoms with Gasteiger partial charge < -0.3 is 15.8 Å². The van der Waals surface area contributed by atoms with Crippen molar-refractivity contribution in [1.29, 1.82) is 0 Å². The lowest BCUT2D eigenvalue weighted by molar-refractivity contribution is -0.125. The van der Waals surface area contributed by atoms with Crippen molar-refractivity contribution in [3.63, 3.8) is 0 Å². The van der Waals surface area contributed by atoms with Crippen LogP contribution in [0, 0.1) is 11.8 Å². The number of methoxy groups -OCH3 is 1. The second kappa shape index (κ2) is 8.39. The molecule has 5 heteroatoms. The Labute approximate surface area is 138 Å². The topological polar surface area (TPSA) is 64.3 Å². The number of halogens is 1. The minimum absolute atomic E-state index is 0.0531. The van der Waals surface area contributed by atoms with E-state index in [9.17, 15) is 4.79 Å². The molecule has 0 aliphatic rings. The van der Waals surface area contributed by atoms with Gasteiger partial charge in [-0.2, -0.15) is 0 Å². The van der Waals surface area contributed by atoms with Gasteiger partial charge in [0.25, 0.3) is 0 Å². The van der Waals surface area contributed by atoms with Crippen molar-refractivity contribution in [3.8, 4) is 5.75 Å². The van der Waals surface area contributed by atoms with Crippen LogP contribution in [0.3, 0.4) is 0 Å². The highest BCUT2D eigenvalue weighted by Crippen LogP contribution is 2.32. The molecule has 3 unspecified atom stereocenters. The summed E-state index contributed by atoms with van der Waals surface area (Å²) in [4.78, 5) is 12.4. The van der Waals surface area contributed by atoms with E-state index in [4.69, 9.17) is 22.1 Å². The van der Waals surface area contributed by atoms with Crippen LogP contribution >= 0.6 is 11.6 Å². The maximum atomic E-state index is 12.4. The third kappa shape index (κ3) is 5.18. The van der Waals surface area contributed by atoms with Crippen molar-refractivity contribution >= 4 is 17.5 Å². The summed E-state index contributed by atoms with van der Waals surface area (Å²) in [6.45, 7) is 7.90. The second-order valence-electron chi connectivity index (χ2n) is 6.22. The predicted octanol–water partition coefficient (Wildman–Crippen LogP) is 3.54. The van der Waals surface area contributed by atoms with Crippen molar-refractivity contribution in [2.75, 3.05) is 7.11 Å². The van der Waals surface area contributed by atoms with E-state index in [2.05, 4.69) is 19.2 Å². The SMILES string of the molecule is COc1ccc(Cl)cc1C(CC(C)C)NC(=O)C(C)C(C)N. The molecule has 0 aliphatic heterocycles. The number of hydrogen-bond donors (Lipinski definition) is 2. The van der Waals surface area contributed by atoms with Crippen molar-refractivity contribution in [2.24, 2.45) is 17.6 Å². The van der Waals surface area contributed by atoms with Gasteiger partial charge in [-0.3, -0.25) is 4.79 Å². The number of nitrogens with one attached hydrogen (secondary N) is 1. The van der Waals surface area contributed by atoms with Crippen LogP contribution in [0.4, 0.5) is 0 Å². The van der Waals surface area contributed by atoms with Crippen molar-refractivity contribution in [1.82, 2.24) is 5.32 Å². The van der Waals surface area contributed by atoms with Crippen LogP contribution in [0.2, 0.25) is 5.02 Å². The molecular weight excluding hydrogens is 300 g/mol. The summed E-state index contributed by atoms with van der Waals surface area (Å²) >= 11 is 6.12. The average Bonchev–Trinajstić information content (AvgIpc) is 2.44. The maximum absolute atomic E-state index is 12.4. The van der Waals surface area contributed by atoms with Gasteiger partial charge in [0, 0.05) is 22.5 Å². The van der Waals surface area contributed by atoms with Crippen LogP contribution in [-0.2, 0) is 4.79 Å². The van der Waals surface area contributed by atoms with Gasteiger partial charge in [-0.15, -0.1) is 0 Å². The Kier molecular flexibility index (Phi) is 7.17. The van der Waals surface area contributed by atoms with Gasteiger partial charge in [-0.05, 0) is 37.5 Å². The Morgan fingerprint density at radius 1 is 1.32 bits per heavy atom. The Hall–Kier alpha value is -1.26. The molecule has 22 heavy (non-hydrogen) atoms. The van der Waals surface area contributed by atoms with Crippen LogP contribution in [0.25, 0.3) is 0 Å². The fourth-order valence-corrected chi connectivity index (χ4v) is 2.44. The third-order valence-corrected chi connectivity index (χ3v) is 4.03. The standard InChI is InChI=1S/C17H27ClN2O2/c1-10(2)8-15(20-17(21)11(3)12(4)19)14-9-13(18)6-7-16(14)22-5/h6-7,9-12,15H,8,19H2,1-5H3,(H,20,21). The average molecular weight is 327 g/mol. The number of carbonyl (C=O) groups excluding carboxylic acids is 1. The Balaban J connectivity index is 3.08. The van der Waals surface area contributed by atoms with E-state index < -0.39 is 0 Å². The lowest BCUT2D eigenvalue weighted by atomic mass is 9.94. The Bertz CT molecular complexity index is 503. The Morgan fingerprint density at radius 2 is 1.95 bits per heavy atom. The first-order chi connectivity index (χ1) is 10.3. The molecule has 1 rings (SSSR count). The number of nitrogens with two attached hydrogens (primary N) is 1. The normalized spacial score (nSPS) is 15.3. The third-order valence-electron chi connectivity index (χ3n) is 3.79. The van der Waals surface area contributed by atoms with Gasteiger partial charge >= 0.3 is 0 Å². The highest BCUT2D eigenvalue weighted by Gasteiger charge is 2.24. The van der Waals surface area contributed by atoms with E-state index in [0.717, 1.165) is 17.7 Å². The summed E-state index contributed by atoms with van der Waals surface area (Å²) in [7, 11) is 1.62. The maximum Gasteiger partial charge on any atom is 0.224 e. The quantitative estimate of drug-likeness (QED) is 0.805. The molecule has 0 saturated heterocycles. The van der Waals surface area contributed by atoms with E-state index in [1.165, 1.54) is 0 Å². The van der Waals surface area contributed by atoms with Gasteiger partial charge in [-0.1, -0.05) is 32.4 Å². The first-order valence-corrected chi connectivity index (χ1v) is 8.03. The van der Waals surface area contributed by atoms with Crippen LogP contribution < -0.4 is 15.8 Å². The van der Waals surface area contributed by atoms with Gasteiger partial charge in [0.2, 0.25) is 5.91 Å². The van der Waals surface area contributed by atoms with Crippen molar-refractivity contribution < 1.29 is 9.53 Å². The van der Waals surface area contributed by atoms with Crippen LogP contribution in [-0.4, -0.2) is 19.1 Å². The molecule has 0 radical (unpaired) electrons. The molecule has 0 bridgehead atoms. The number of rotatable bonds is 7. The number of hydrogen-bond acceptors (Lipinski definition) is 3. The lowest BCUT2D eigenvalue weighted by Gasteiger charge is -2.25. The summed E-state index contributed by atoms with van der Waals surface area (Å²) in [6.07, 6.45) is 0.800. The first kappa shape index (κ1) is 18.8. The highest BCUT2D eigenvalue weighted by molar-refractivity contribution is 6.30. The summed E-state index contributed by atoms with van der Waals surface area (Å²) in [5.74, 6) is 0.839. The number of amides is 1. The second-order valence-corrected chi connectivity index (χ2v) is 6.66. The van der Waals surface area contributed by atoms with Crippen molar-refractivity contribution in [3.05, 3.63) is 28.8 Å². The molecule has 0 fully saturated rings. The minimum Gasteiger partial charge on any atom is -0.496 e. The molecular formula is C17H27ClN2O2. The molecule has 0 aromatic heterocycles. The van der Waals surface area contributed by atoms with Gasteiger partial charge in [0.1, 0.15) is 5.75 Å². The smallest absolute Gasteiger partial charge is 0.224 e. The molecule has 124 valence electrons. The molecule has 0 saturated carbocycles. The van der Waals surface area contributed by atoms with Crippen LogP contribution in [0.15, 0.2) is 18.2 Å². The summed E-state index contributed by atoms with van der Waals surface area (Å²) in [6, 6.07) is 5.11. The molecule has 0 aliphatic carbocycles. The molecule has 3 atom stereocenters. The van der Waals surface area contributed by atoms with Gasteiger partial charge in [0.15, 0.2) is 0 Å². The molecule has 3 N–H and O–H groups in total. The minimum atomic E-state index is -0.250. The van der Waals surface area contributed by atoms with E-state index in [1.54, 1.807) is 13.2 Å². The molecule has 0 spiro atoms. The van der Waals surface area contributed by atoms with E-state index in [-0.39, 0.29) is 23.9 Å². The first-order valence-electron chi connectivity index (χ1n) is 7.65. The van der Waals surface area contributed by atoms with Gasteiger partial charge in [0.05, 0.1) is 13.2 Å². The van der Waals surface area contributed by atoms with Crippen LogP contribution in [0.5, 0.6) is 5.75 Å².